The Bertz CT molecular complexity index is 1600. The molecule has 0 aromatic heterocycles. The highest BCUT2D eigenvalue weighted by Gasteiger charge is 2.85. The summed E-state index contributed by atoms with van der Waals surface area (Å²) in [6.45, 7) is 0. The normalized spacial score (nSPS) is 43.2. The molecule has 4 bridgehead atoms. The third-order valence-corrected chi connectivity index (χ3v) is 17.4. The van der Waals surface area contributed by atoms with E-state index in [1.54, 1.807) is 23.9 Å². The number of nitrogens with one attached hydrogen (secondary N) is 2. The summed E-state index contributed by atoms with van der Waals surface area (Å²) in [5.74, 6) is -0.288. The summed E-state index contributed by atoms with van der Waals surface area (Å²) in [5, 5.41) is 6.25. The first-order valence-electron chi connectivity index (χ1n) is 13.8. The zero-order valence-electron chi connectivity index (χ0n) is 22.4. The fourth-order valence-electron chi connectivity index (χ4n) is 9.39. The number of nitrogens with zero attached hydrogens (tertiary/aromatic N) is 4. The van der Waals surface area contributed by atoms with Crippen LogP contribution in [0.3, 0.4) is 0 Å². The molecule has 10 aliphatic rings. The monoisotopic (exact) mass is 636 g/mol. The summed E-state index contributed by atoms with van der Waals surface area (Å²) < 4.78 is 0. The SMILES string of the molecule is CN1C(=O)C23CC4(C56CC78SSC(C(=O)N7C5Nc5ccccc56)N(C)C8=O)c5ccccc5NC4N2C(=O)C1SS3. The van der Waals surface area contributed by atoms with Crippen LogP contribution in [-0.4, -0.2) is 90.1 Å². The van der Waals surface area contributed by atoms with Crippen LogP contribution < -0.4 is 10.6 Å². The minimum atomic E-state index is -1.11. The largest absolute Gasteiger partial charge is 0.364 e. The molecule has 4 amide bonds. The quantitative estimate of drug-likeness (QED) is 0.454. The highest BCUT2D eigenvalue weighted by molar-refractivity contribution is 8.78. The molecule has 0 saturated carbocycles. The maximum Gasteiger partial charge on any atom is 0.261 e. The molecular formula is C28H24N6O4S4. The van der Waals surface area contributed by atoms with E-state index in [0.29, 0.717) is 12.8 Å². The van der Waals surface area contributed by atoms with Crippen LogP contribution >= 0.6 is 43.2 Å². The number of piperazine rings is 2. The highest BCUT2D eigenvalue weighted by Crippen LogP contribution is 2.77. The number of hydrogen-bond donors (Lipinski definition) is 2. The molecule has 10 aliphatic heterocycles. The minimum absolute atomic E-state index is 0.0669. The molecule has 12 rings (SSSR count). The molecule has 0 aliphatic carbocycles. The van der Waals surface area contributed by atoms with Gasteiger partial charge in [0.15, 0.2) is 20.5 Å². The van der Waals surface area contributed by atoms with E-state index >= 15 is 0 Å². The van der Waals surface area contributed by atoms with Gasteiger partial charge < -0.3 is 20.4 Å². The Morgan fingerprint density at radius 1 is 0.667 bits per heavy atom. The van der Waals surface area contributed by atoms with Crippen LogP contribution in [-0.2, 0) is 30.0 Å². The summed E-state index contributed by atoms with van der Waals surface area (Å²) in [6.07, 6.45) is -0.350. The van der Waals surface area contributed by atoms with Gasteiger partial charge in [0.2, 0.25) is 0 Å². The maximum atomic E-state index is 14.2. The van der Waals surface area contributed by atoms with Gasteiger partial charge in [0.1, 0.15) is 12.3 Å². The Balaban J connectivity index is 1.31. The maximum absolute atomic E-state index is 14.2. The van der Waals surface area contributed by atoms with Gasteiger partial charge in [-0.25, -0.2) is 0 Å². The molecule has 8 unspecified atom stereocenters. The van der Waals surface area contributed by atoms with Gasteiger partial charge in [-0.05, 0) is 23.3 Å². The molecule has 8 fully saturated rings. The highest BCUT2D eigenvalue weighted by atomic mass is 33.1. The number of fused-ring (bicyclic) bond motifs is 11. The molecule has 8 atom stereocenters. The van der Waals surface area contributed by atoms with Gasteiger partial charge in [-0.15, -0.1) is 0 Å². The third-order valence-electron chi connectivity index (χ3n) is 10.9. The van der Waals surface area contributed by atoms with Crippen molar-refractivity contribution in [2.75, 3.05) is 24.7 Å². The van der Waals surface area contributed by atoms with E-state index in [1.165, 1.54) is 43.2 Å². The predicted octanol–water partition coefficient (Wildman–Crippen LogP) is 2.61. The Labute approximate surface area is 256 Å². The number of hydrogen-bond acceptors (Lipinski definition) is 10. The van der Waals surface area contributed by atoms with Crippen molar-refractivity contribution in [2.24, 2.45) is 0 Å². The predicted molar refractivity (Wildman–Crippen MR) is 163 cm³/mol. The minimum Gasteiger partial charge on any atom is -0.364 e. The number of para-hydroxylation sites is 2. The van der Waals surface area contributed by atoms with Gasteiger partial charge in [0, 0.05) is 38.3 Å². The smallest absolute Gasteiger partial charge is 0.261 e. The molecule has 2 aromatic rings. The van der Waals surface area contributed by atoms with Crippen molar-refractivity contribution in [1.29, 1.82) is 0 Å². The van der Waals surface area contributed by atoms with Gasteiger partial charge in [0.05, 0.1) is 10.8 Å². The van der Waals surface area contributed by atoms with Crippen molar-refractivity contribution in [3.05, 3.63) is 59.7 Å². The van der Waals surface area contributed by atoms with Crippen LogP contribution in [0.5, 0.6) is 0 Å². The second kappa shape index (κ2) is 7.33. The first-order valence-corrected chi connectivity index (χ1v) is 18.3. The van der Waals surface area contributed by atoms with Crippen molar-refractivity contribution in [1.82, 2.24) is 19.6 Å². The number of carbonyl (C=O) groups excluding carboxylic acids is 4. The van der Waals surface area contributed by atoms with Gasteiger partial charge >= 0.3 is 0 Å². The topological polar surface area (TPSA) is 105 Å². The average molecular weight is 637 g/mol. The van der Waals surface area contributed by atoms with Crippen molar-refractivity contribution < 1.29 is 19.2 Å². The summed E-state index contributed by atoms with van der Waals surface area (Å²) in [7, 11) is 9.34. The van der Waals surface area contributed by atoms with E-state index in [1.807, 2.05) is 46.2 Å². The Kier molecular flexibility index (Phi) is 4.32. The number of carbonyl (C=O) groups is 4. The van der Waals surface area contributed by atoms with Gasteiger partial charge in [0.25, 0.3) is 23.6 Å². The first-order chi connectivity index (χ1) is 20.2. The number of likely N-dealkylation sites (N-methyl/N-ethyl adjacent to an activating group) is 2. The van der Waals surface area contributed by atoms with Crippen LogP contribution in [0, 0.1) is 0 Å². The van der Waals surface area contributed by atoms with E-state index in [0.717, 1.165) is 22.5 Å². The molecule has 10 nitrogen and oxygen atoms in total. The summed E-state index contributed by atoms with van der Waals surface area (Å²) >= 11 is 0. The lowest BCUT2D eigenvalue weighted by Gasteiger charge is -2.52. The molecule has 0 radical (unpaired) electrons. The van der Waals surface area contributed by atoms with E-state index in [2.05, 4.69) is 22.8 Å². The Morgan fingerprint density at radius 3 is 1.50 bits per heavy atom. The van der Waals surface area contributed by atoms with Crippen LogP contribution in [0.2, 0.25) is 0 Å². The summed E-state index contributed by atoms with van der Waals surface area (Å²) in [5.41, 5.74) is 2.23. The average Bonchev–Trinajstić information content (AvgIpc) is 3.67. The zero-order chi connectivity index (χ0) is 28.6. The van der Waals surface area contributed by atoms with Crippen molar-refractivity contribution in [3.8, 4) is 0 Å². The lowest BCUT2D eigenvalue weighted by molar-refractivity contribution is -0.158. The van der Waals surface area contributed by atoms with Gasteiger partial charge in [-0.3, -0.25) is 29.0 Å². The number of anilines is 2. The van der Waals surface area contributed by atoms with Crippen LogP contribution in [0.4, 0.5) is 11.4 Å². The number of benzene rings is 2. The first kappa shape index (κ1) is 24.7. The van der Waals surface area contributed by atoms with Crippen molar-refractivity contribution in [3.63, 3.8) is 0 Å². The van der Waals surface area contributed by atoms with E-state index < -0.39 is 43.7 Å². The Hall–Kier alpha value is -2.68. The second-order valence-electron chi connectivity index (χ2n) is 12.4. The van der Waals surface area contributed by atoms with Crippen LogP contribution in [0.25, 0.3) is 0 Å². The lowest BCUT2D eigenvalue weighted by atomic mass is 9.54. The zero-order valence-corrected chi connectivity index (χ0v) is 25.7. The molecule has 2 spiro atoms. The van der Waals surface area contributed by atoms with Crippen molar-refractivity contribution >= 4 is 78.2 Å². The molecule has 2 N–H and O–H groups in total. The molecule has 42 heavy (non-hydrogen) atoms. The van der Waals surface area contributed by atoms with E-state index in [4.69, 9.17) is 0 Å². The second-order valence-corrected chi connectivity index (χ2v) is 17.5. The molecule has 14 heteroatoms. The van der Waals surface area contributed by atoms with Crippen molar-refractivity contribution in [2.45, 2.75) is 56.5 Å². The molecule has 214 valence electrons. The third kappa shape index (κ3) is 2.24. The van der Waals surface area contributed by atoms with E-state index in [-0.39, 0.29) is 23.6 Å². The van der Waals surface area contributed by atoms with Gasteiger partial charge in [-0.1, -0.05) is 79.6 Å². The summed E-state index contributed by atoms with van der Waals surface area (Å²) in [4.78, 5) is 61.6. The number of amides is 4. The number of rotatable bonds is 1. The fourth-order valence-corrected chi connectivity index (χ4v) is 16.3. The molecule has 2 aromatic carbocycles. The van der Waals surface area contributed by atoms with Crippen LogP contribution in [0.15, 0.2) is 48.5 Å². The van der Waals surface area contributed by atoms with Gasteiger partial charge in [-0.2, -0.15) is 0 Å². The standard InChI is InChI=1S/C28H24N6O4S4/c1-31-19-17(35)33-21-25(11-27(33,23(31)37)41-39-19,13-7-3-5-9-15(13)29-21)26-12-28-24(38)32(2)20(40-42-28)18(36)34(28)22(26)30-16-10-6-4-8-14(16)26/h3-10,19-22,29-30H,11-12H2,1-2H3. The molecule has 8 saturated heterocycles. The summed E-state index contributed by atoms with van der Waals surface area (Å²) in [6, 6.07) is 16.3. The molecule has 10 heterocycles. The fraction of sp³-hybridized carbons (Fsp3) is 0.429. The molecular weight excluding hydrogens is 613 g/mol. The van der Waals surface area contributed by atoms with E-state index in [9.17, 15) is 19.2 Å². The Morgan fingerprint density at radius 2 is 1.07 bits per heavy atom. The lowest BCUT2D eigenvalue weighted by Crippen LogP contribution is -2.71. The van der Waals surface area contributed by atoms with Crippen LogP contribution in [0.1, 0.15) is 24.0 Å².